The Morgan fingerprint density at radius 3 is 2.70 bits per heavy atom. The molecular weight excluding hydrogens is 361 g/mol. The summed E-state index contributed by atoms with van der Waals surface area (Å²) in [5.41, 5.74) is 1.21. The van der Waals surface area contributed by atoms with E-state index in [4.69, 9.17) is 9.47 Å². The van der Waals surface area contributed by atoms with Gasteiger partial charge in [0, 0.05) is 5.56 Å². The van der Waals surface area contributed by atoms with Gasteiger partial charge in [-0.1, -0.05) is 18.2 Å². The minimum Gasteiger partial charge on any atom is -0.492 e. The molecule has 0 unspecified atom stereocenters. The van der Waals surface area contributed by atoms with Crippen LogP contribution in [0.25, 0.3) is 11.6 Å². The van der Waals surface area contributed by atoms with Crippen molar-refractivity contribution in [3.05, 3.63) is 57.8 Å². The molecule has 0 radical (unpaired) electrons. The predicted molar refractivity (Wildman–Crippen MR) is 91.7 cm³/mol. The first kappa shape index (κ1) is 17.0. The van der Waals surface area contributed by atoms with E-state index >= 15 is 0 Å². The summed E-state index contributed by atoms with van der Waals surface area (Å²) in [5, 5.41) is 9.36. The summed E-state index contributed by atoms with van der Waals surface area (Å²) < 4.78 is 25.4. The average Bonchev–Trinajstić information content (AvgIpc) is 2.53. The lowest BCUT2D eigenvalue weighted by Crippen LogP contribution is -1.97. The van der Waals surface area contributed by atoms with Gasteiger partial charge in [0.25, 0.3) is 0 Å². The predicted octanol–water partition coefficient (Wildman–Crippen LogP) is 5.06. The molecule has 0 amide bonds. The van der Waals surface area contributed by atoms with Gasteiger partial charge in [0.1, 0.15) is 5.82 Å². The first-order chi connectivity index (χ1) is 11.1. The van der Waals surface area contributed by atoms with Crippen molar-refractivity contribution in [1.29, 1.82) is 5.26 Å². The molecule has 0 aromatic heterocycles. The number of benzene rings is 2. The first-order valence-corrected chi connectivity index (χ1v) is 7.77. The summed E-state index contributed by atoms with van der Waals surface area (Å²) in [4.78, 5) is 0. The molecule has 2 aromatic carbocycles. The van der Waals surface area contributed by atoms with Crippen LogP contribution in [0, 0.1) is 17.1 Å². The van der Waals surface area contributed by atoms with Gasteiger partial charge in [-0.05, 0) is 52.7 Å². The van der Waals surface area contributed by atoms with Crippen molar-refractivity contribution < 1.29 is 13.9 Å². The second-order valence-electron chi connectivity index (χ2n) is 4.62. The van der Waals surface area contributed by atoms with Crippen molar-refractivity contribution in [2.24, 2.45) is 0 Å². The third kappa shape index (κ3) is 3.91. The largest absolute Gasteiger partial charge is 0.492 e. The maximum Gasteiger partial charge on any atom is 0.174 e. The summed E-state index contributed by atoms with van der Waals surface area (Å²) in [6.45, 7) is 2.35. The number of halogens is 2. The quantitative estimate of drug-likeness (QED) is 0.541. The van der Waals surface area contributed by atoms with Gasteiger partial charge >= 0.3 is 0 Å². The molecule has 0 atom stereocenters. The van der Waals surface area contributed by atoms with Crippen LogP contribution in [0.5, 0.6) is 11.5 Å². The average molecular weight is 376 g/mol. The van der Waals surface area contributed by atoms with E-state index in [0.29, 0.717) is 28.1 Å². The number of hydrogen-bond acceptors (Lipinski definition) is 3. The molecule has 0 aliphatic carbocycles. The Bertz CT molecular complexity index is 781. The third-order valence-corrected chi connectivity index (χ3v) is 3.72. The Hall–Kier alpha value is -2.32. The van der Waals surface area contributed by atoms with Crippen LogP contribution in [0.2, 0.25) is 0 Å². The number of methoxy groups -OCH3 is 1. The lowest BCUT2D eigenvalue weighted by Gasteiger charge is -2.12. The molecule has 3 nitrogen and oxygen atoms in total. The van der Waals surface area contributed by atoms with E-state index in [1.54, 1.807) is 43.5 Å². The Balaban J connectivity index is 2.53. The molecule has 0 aliphatic heterocycles. The second kappa shape index (κ2) is 7.80. The van der Waals surface area contributed by atoms with Crippen molar-refractivity contribution in [3.8, 4) is 17.6 Å². The van der Waals surface area contributed by atoms with Gasteiger partial charge in [0.05, 0.1) is 29.8 Å². The number of nitrogens with zero attached hydrogens (tertiary/aromatic N) is 1. The fourth-order valence-electron chi connectivity index (χ4n) is 2.15. The molecule has 118 valence electrons. The Morgan fingerprint density at radius 1 is 1.35 bits per heavy atom. The molecule has 0 fully saturated rings. The SMILES string of the molecule is CCOc1cc(/C=C(/C#N)c2ccccc2F)cc(Br)c1OC. The normalized spacial score (nSPS) is 11.0. The molecule has 0 heterocycles. The summed E-state index contributed by atoms with van der Waals surface area (Å²) in [6.07, 6.45) is 1.62. The Labute approximate surface area is 143 Å². The van der Waals surface area contributed by atoms with Crippen molar-refractivity contribution in [1.82, 2.24) is 0 Å². The molecule has 2 rings (SSSR count). The van der Waals surface area contributed by atoms with Gasteiger partial charge in [-0.25, -0.2) is 4.39 Å². The van der Waals surface area contributed by atoms with E-state index in [9.17, 15) is 9.65 Å². The number of ether oxygens (including phenoxy) is 2. The van der Waals surface area contributed by atoms with E-state index in [0.717, 1.165) is 0 Å². The fourth-order valence-corrected chi connectivity index (χ4v) is 2.77. The van der Waals surface area contributed by atoms with Crippen molar-refractivity contribution in [3.63, 3.8) is 0 Å². The highest BCUT2D eigenvalue weighted by Gasteiger charge is 2.12. The van der Waals surface area contributed by atoms with Crippen molar-refractivity contribution in [2.45, 2.75) is 6.92 Å². The van der Waals surface area contributed by atoms with Gasteiger partial charge in [0.2, 0.25) is 0 Å². The smallest absolute Gasteiger partial charge is 0.174 e. The van der Waals surface area contributed by atoms with Gasteiger partial charge in [0.15, 0.2) is 11.5 Å². The second-order valence-corrected chi connectivity index (χ2v) is 5.47. The number of nitriles is 1. The number of allylic oxidation sites excluding steroid dienone is 1. The van der Waals surface area contributed by atoms with Crippen LogP contribution in [0.15, 0.2) is 40.9 Å². The van der Waals surface area contributed by atoms with E-state index in [1.165, 1.54) is 6.07 Å². The highest BCUT2D eigenvalue weighted by molar-refractivity contribution is 9.10. The van der Waals surface area contributed by atoms with Crippen LogP contribution in [-0.4, -0.2) is 13.7 Å². The molecule has 2 aromatic rings. The molecule has 0 spiro atoms. The monoisotopic (exact) mass is 375 g/mol. The summed E-state index contributed by atoms with van der Waals surface area (Å²) in [5.74, 6) is 0.702. The summed E-state index contributed by atoms with van der Waals surface area (Å²) in [6, 6.07) is 11.8. The first-order valence-electron chi connectivity index (χ1n) is 6.97. The van der Waals surface area contributed by atoms with Crippen LogP contribution in [0.4, 0.5) is 4.39 Å². The van der Waals surface area contributed by atoms with Gasteiger partial charge < -0.3 is 9.47 Å². The Morgan fingerprint density at radius 2 is 2.09 bits per heavy atom. The highest BCUT2D eigenvalue weighted by Crippen LogP contribution is 2.37. The van der Waals surface area contributed by atoms with Gasteiger partial charge in [-0.3, -0.25) is 0 Å². The zero-order valence-corrected chi connectivity index (χ0v) is 14.4. The van der Waals surface area contributed by atoms with Crippen LogP contribution < -0.4 is 9.47 Å². The van der Waals surface area contributed by atoms with Crippen LogP contribution in [0.1, 0.15) is 18.1 Å². The molecule has 0 saturated carbocycles. The lowest BCUT2D eigenvalue weighted by atomic mass is 10.0. The molecule has 5 heteroatoms. The topological polar surface area (TPSA) is 42.2 Å². The zero-order chi connectivity index (χ0) is 16.8. The number of rotatable bonds is 5. The Kier molecular flexibility index (Phi) is 5.78. The summed E-state index contributed by atoms with van der Waals surface area (Å²) >= 11 is 3.42. The van der Waals surface area contributed by atoms with Crippen LogP contribution in [0.3, 0.4) is 0 Å². The minimum absolute atomic E-state index is 0.239. The van der Waals surface area contributed by atoms with E-state index < -0.39 is 5.82 Å². The van der Waals surface area contributed by atoms with Gasteiger partial charge in [-0.15, -0.1) is 0 Å². The summed E-state index contributed by atoms with van der Waals surface area (Å²) in [7, 11) is 1.55. The molecular formula is C18H15BrFNO2. The maximum absolute atomic E-state index is 13.9. The van der Waals surface area contributed by atoms with E-state index in [1.807, 2.05) is 13.0 Å². The molecule has 0 bridgehead atoms. The van der Waals surface area contributed by atoms with E-state index in [2.05, 4.69) is 15.9 Å². The third-order valence-electron chi connectivity index (χ3n) is 3.13. The standard InChI is InChI=1S/C18H15BrFNO2/c1-3-23-17-10-12(9-15(19)18(17)22-2)8-13(11-21)14-6-4-5-7-16(14)20/h4-10H,3H2,1-2H3/b13-8-. The van der Waals surface area contributed by atoms with Crippen LogP contribution >= 0.6 is 15.9 Å². The van der Waals surface area contributed by atoms with Crippen LogP contribution in [-0.2, 0) is 0 Å². The maximum atomic E-state index is 13.9. The molecule has 0 N–H and O–H groups in total. The number of hydrogen-bond donors (Lipinski definition) is 0. The zero-order valence-electron chi connectivity index (χ0n) is 12.8. The minimum atomic E-state index is -0.432. The van der Waals surface area contributed by atoms with Crippen molar-refractivity contribution >= 4 is 27.6 Å². The highest BCUT2D eigenvalue weighted by atomic mass is 79.9. The lowest BCUT2D eigenvalue weighted by molar-refractivity contribution is 0.310. The molecule has 0 aliphatic rings. The van der Waals surface area contributed by atoms with Gasteiger partial charge in [-0.2, -0.15) is 5.26 Å². The fraction of sp³-hybridized carbons (Fsp3) is 0.167. The van der Waals surface area contributed by atoms with Crippen molar-refractivity contribution in [2.75, 3.05) is 13.7 Å². The molecule has 23 heavy (non-hydrogen) atoms. The van der Waals surface area contributed by atoms with E-state index in [-0.39, 0.29) is 11.1 Å². The molecule has 0 saturated heterocycles.